The molecule has 0 spiro atoms. The van der Waals surface area contributed by atoms with Crippen LogP contribution in [0.4, 0.5) is 5.69 Å². The Morgan fingerprint density at radius 2 is 2.06 bits per heavy atom. The second-order valence-corrected chi connectivity index (χ2v) is 4.33. The van der Waals surface area contributed by atoms with Gasteiger partial charge in [-0.25, -0.2) is 0 Å². The van der Waals surface area contributed by atoms with E-state index in [1.807, 2.05) is 18.2 Å². The van der Waals surface area contributed by atoms with Crippen LogP contribution >= 0.6 is 0 Å². The molecule has 2 nitrogen and oxygen atoms in total. The predicted octanol–water partition coefficient (Wildman–Crippen LogP) is 4.14. The van der Waals surface area contributed by atoms with E-state index in [9.17, 15) is 0 Å². The molecule has 1 aromatic heterocycles. The Balaban J connectivity index is 2.12. The fourth-order valence-electron chi connectivity index (χ4n) is 2.11. The summed E-state index contributed by atoms with van der Waals surface area (Å²) in [5, 5.41) is 1.12. The number of anilines is 1. The summed E-state index contributed by atoms with van der Waals surface area (Å²) in [4.78, 5) is 0. The summed E-state index contributed by atoms with van der Waals surface area (Å²) in [6, 6.07) is 5.98. The van der Waals surface area contributed by atoms with Gasteiger partial charge in [0, 0.05) is 11.1 Å². The highest BCUT2D eigenvalue weighted by Gasteiger charge is 2.05. The highest BCUT2D eigenvalue weighted by molar-refractivity contribution is 5.83. The molecule has 1 heterocycles. The number of benzene rings is 1. The van der Waals surface area contributed by atoms with Crippen molar-refractivity contribution >= 4 is 16.7 Å². The van der Waals surface area contributed by atoms with Gasteiger partial charge < -0.3 is 10.2 Å². The van der Waals surface area contributed by atoms with Crippen molar-refractivity contribution < 1.29 is 4.42 Å². The first-order valence-electron chi connectivity index (χ1n) is 6.07. The van der Waals surface area contributed by atoms with Gasteiger partial charge in [0.2, 0.25) is 0 Å². The smallest absolute Gasteiger partial charge is 0.137 e. The van der Waals surface area contributed by atoms with Crippen molar-refractivity contribution in [2.24, 2.45) is 0 Å². The summed E-state index contributed by atoms with van der Waals surface area (Å²) in [5.74, 6) is 0. The molecule has 0 aliphatic heterocycles. The number of unbranched alkanes of at least 4 members (excludes halogenated alkanes) is 3. The van der Waals surface area contributed by atoms with Crippen LogP contribution in [-0.4, -0.2) is 0 Å². The number of aryl methyl sites for hydroxylation is 1. The summed E-state index contributed by atoms with van der Waals surface area (Å²) in [5.41, 5.74) is 8.96. The largest absolute Gasteiger partial charge is 0.464 e. The van der Waals surface area contributed by atoms with Gasteiger partial charge in [-0.3, -0.25) is 0 Å². The highest BCUT2D eigenvalue weighted by Crippen LogP contribution is 2.25. The lowest BCUT2D eigenvalue weighted by Crippen LogP contribution is -1.91. The second-order valence-electron chi connectivity index (χ2n) is 4.33. The average molecular weight is 217 g/mol. The van der Waals surface area contributed by atoms with Crippen molar-refractivity contribution in [2.75, 3.05) is 5.73 Å². The Morgan fingerprint density at radius 3 is 2.88 bits per heavy atom. The third-order valence-electron chi connectivity index (χ3n) is 2.95. The topological polar surface area (TPSA) is 39.2 Å². The molecule has 0 unspecified atom stereocenters. The zero-order valence-electron chi connectivity index (χ0n) is 9.83. The molecular weight excluding hydrogens is 198 g/mol. The molecule has 2 aromatic rings. The number of hydrogen-bond donors (Lipinski definition) is 1. The minimum atomic E-state index is 0.833. The average Bonchev–Trinajstić information content (AvgIpc) is 2.72. The molecule has 86 valence electrons. The van der Waals surface area contributed by atoms with E-state index in [0.29, 0.717) is 0 Å². The van der Waals surface area contributed by atoms with E-state index in [-0.39, 0.29) is 0 Å². The zero-order chi connectivity index (χ0) is 11.4. The molecule has 1 aromatic carbocycles. The predicted molar refractivity (Wildman–Crippen MR) is 68.5 cm³/mol. The van der Waals surface area contributed by atoms with Crippen molar-refractivity contribution in [3.63, 3.8) is 0 Å². The van der Waals surface area contributed by atoms with Crippen molar-refractivity contribution in [2.45, 2.75) is 39.0 Å². The molecule has 0 saturated heterocycles. The molecule has 0 atom stereocenters. The van der Waals surface area contributed by atoms with Crippen LogP contribution in [-0.2, 0) is 6.42 Å². The molecule has 0 aliphatic rings. The van der Waals surface area contributed by atoms with Gasteiger partial charge in [-0.15, -0.1) is 0 Å². The van der Waals surface area contributed by atoms with E-state index in [2.05, 4.69) is 6.92 Å². The summed E-state index contributed by atoms with van der Waals surface area (Å²) < 4.78 is 5.51. The maximum Gasteiger partial charge on any atom is 0.137 e. The van der Waals surface area contributed by atoms with Gasteiger partial charge >= 0.3 is 0 Å². The molecule has 0 radical (unpaired) electrons. The van der Waals surface area contributed by atoms with Crippen LogP contribution in [0.3, 0.4) is 0 Å². The first-order valence-corrected chi connectivity index (χ1v) is 6.07. The molecule has 0 fully saturated rings. The standard InChI is InChI=1S/C14H19NO/c1-2-3-4-5-6-11-9-13(15)10-12-7-8-16-14(11)12/h7-10H,2-6,15H2,1H3. The lowest BCUT2D eigenvalue weighted by molar-refractivity contribution is 0.605. The fraction of sp³-hybridized carbons (Fsp3) is 0.429. The van der Waals surface area contributed by atoms with Gasteiger partial charge in [0.05, 0.1) is 6.26 Å². The Hall–Kier alpha value is -1.44. The Labute approximate surface area is 96.4 Å². The fourth-order valence-corrected chi connectivity index (χ4v) is 2.11. The summed E-state index contributed by atoms with van der Waals surface area (Å²) in [6.07, 6.45) is 7.88. The highest BCUT2D eigenvalue weighted by atomic mass is 16.3. The molecular formula is C14H19NO. The van der Waals surface area contributed by atoms with Crippen LogP contribution in [0.25, 0.3) is 11.0 Å². The van der Waals surface area contributed by atoms with Gasteiger partial charge in [-0.1, -0.05) is 26.2 Å². The van der Waals surface area contributed by atoms with E-state index >= 15 is 0 Å². The van der Waals surface area contributed by atoms with Crippen molar-refractivity contribution in [1.29, 1.82) is 0 Å². The first-order chi connectivity index (χ1) is 7.81. The van der Waals surface area contributed by atoms with Gasteiger partial charge in [0.25, 0.3) is 0 Å². The van der Waals surface area contributed by atoms with Gasteiger partial charge in [0.15, 0.2) is 0 Å². The lowest BCUT2D eigenvalue weighted by Gasteiger charge is -2.04. The van der Waals surface area contributed by atoms with E-state index in [1.165, 1.54) is 31.2 Å². The van der Waals surface area contributed by atoms with Crippen molar-refractivity contribution in [3.05, 3.63) is 30.0 Å². The second kappa shape index (κ2) is 5.06. The maximum atomic E-state index is 5.87. The number of nitrogens with two attached hydrogens (primary N) is 1. The Morgan fingerprint density at radius 1 is 1.19 bits per heavy atom. The van der Waals surface area contributed by atoms with Gasteiger partial charge in [-0.05, 0) is 36.6 Å². The number of nitrogen functional groups attached to an aromatic ring is 1. The van der Waals surface area contributed by atoms with Crippen molar-refractivity contribution in [3.8, 4) is 0 Å². The van der Waals surface area contributed by atoms with Crippen LogP contribution in [0.5, 0.6) is 0 Å². The van der Waals surface area contributed by atoms with Crippen LogP contribution in [0, 0.1) is 0 Å². The van der Waals surface area contributed by atoms with E-state index in [4.69, 9.17) is 10.2 Å². The van der Waals surface area contributed by atoms with Crippen LogP contribution < -0.4 is 5.73 Å². The van der Waals surface area contributed by atoms with Crippen molar-refractivity contribution in [1.82, 2.24) is 0 Å². The van der Waals surface area contributed by atoms with Crippen LogP contribution in [0.1, 0.15) is 38.2 Å². The van der Waals surface area contributed by atoms with E-state index < -0.39 is 0 Å². The van der Waals surface area contributed by atoms with Crippen LogP contribution in [0.2, 0.25) is 0 Å². The molecule has 0 bridgehead atoms. The number of furan rings is 1. The summed E-state index contributed by atoms with van der Waals surface area (Å²) >= 11 is 0. The quantitative estimate of drug-likeness (QED) is 0.604. The number of fused-ring (bicyclic) bond motifs is 1. The zero-order valence-corrected chi connectivity index (χ0v) is 9.83. The number of hydrogen-bond acceptors (Lipinski definition) is 2. The van der Waals surface area contributed by atoms with Gasteiger partial charge in [0.1, 0.15) is 5.58 Å². The van der Waals surface area contributed by atoms with Gasteiger partial charge in [-0.2, -0.15) is 0 Å². The molecule has 2 heteroatoms. The summed E-state index contributed by atoms with van der Waals surface area (Å²) in [6.45, 7) is 2.23. The first kappa shape index (κ1) is 11.1. The Bertz CT molecular complexity index is 459. The molecule has 0 amide bonds. The van der Waals surface area contributed by atoms with E-state index in [0.717, 1.165) is 23.1 Å². The lowest BCUT2D eigenvalue weighted by atomic mass is 10.0. The third-order valence-corrected chi connectivity index (χ3v) is 2.95. The minimum absolute atomic E-state index is 0.833. The normalized spacial score (nSPS) is 11.1. The Kier molecular flexibility index (Phi) is 3.50. The minimum Gasteiger partial charge on any atom is -0.464 e. The molecule has 0 aliphatic carbocycles. The summed E-state index contributed by atoms with van der Waals surface area (Å²) in [7, 11) is 0. The molecule has 16 heavy (non-hydrogen) atoms. The SMILES string of the molecule is CCCCCCc1cc(N)cc2ccoc12. The third kappa shape index (κ3) is 2.38. The number of rotatable bonds is 5. The monoisotopic (exact) mass is 217 g/mol. The van der Waals surface area contributed by atoms with Crippen LogP contribution in [0.15, 0.2) is 28.9 Å². The maximum absolute atomic E-state index is 5.87. The van der Waals surface area contributed by atoms with E-state index in [1.54, 1.807) is 6.26 Å². The molecule has 2 rings (SSSR count). The molecule has 0 saturated carbocycles. The molecule has 2 N–H and O–H groups in total.